The first-order chi connectivity index (χ1) is 15.2. The summed E-state index contributed by atoms with van der Waals surface area (Å²) in [5, 5.41) is 17.8. The highest BCUT2D eigenvalue weighted by molar-refractivity contribution is 5.77. The van der Waals surface area contributed by atoms with Crippen LogP contribution < -0.4 is 21.3 Å². The Balaban J connectivity index is -0.000000142. The van der Waals surface area contributed by atoms with Crippen LogP contribution in [0.3, 0.4) is 0 Å². The quantitative estimate of drug-likeness (QED) is 0.414. The van der Waals surface area contributed by atoms with E-state index in [2.05, 4.69) is 44.6 Å². The predicted molar refractivity (Wildman–Crippen MR) is 134 cm³/mol. The third-order valence-electron chi connectivity index (χ3n) is 2.81. The number of aromatic amines is 1. The fraction of sp³-hybridized carbons (Fsp3) is 0.652. The Morgan fingerprint density at radius 3 is 1.55 bits per heavy atom. The van der Waals surface area contributed by atoms with Gasteiger partial charge in [-0.05, 0) is 19.1 Å². The van der Waals surface area contributed by atoms with Gasteiger partial charge < -0.3 is 26.0 Å². The second-order valence-electron chi connectivity index (χ2n) is 4.75. The lowest BCUT2D eigenvalue weighted by atomic mass is 10.4. The molecule has 1 aromatic heterocycles. The normalized spacial score (nSPS) is 13.7. The Bertz CT molecular complexity index is 376. The van der Waals surface area contributed by atoms with E-state index in [1.165, 1.54) is 0 Å². The van der Waals surface area contributed by atoms with Crippen LogP contribution in [-0.2, 0) is 9.53 Å². The fourth-order valence-electron chi connectivity index (χ4n) is 1.69. The molecule has 0 atom stereocenters. The lowest BCUT2D eigenvalue weighted by Gasteiger charge is -1.89. The van der Waals surface area contributed by atoms with Crippen LogP contribution in [0.2, 0.25) is 0 Å². The Morgan fingerprint density at radius 2 is 1.42 bits per heavy atom. The fourth-order valence-corrected chi connectivity index (χ4v) is 1.69. The van der Waals surface area contributed by atoms with Crippen LogP contribution in [0.15, 0.2) is 43.3 Å². The van der Waals surface area contributed by atoms with Crippen LogP contribution in [-0.4, -0.2) is 48.9 Å². The molecule has 3 fully saturated rings. The molecule has 4 rings (SSSR count). The summed E-state index contributed by atoms with van der Waals surface area (Å²) in [7, 11) is 0. The smallest absolute Gasteiger partial charge is 0.220 e. The van der Waals surface area contributed by atoms with Gasteiger partial charge in [0.15, 0.2) is 5.88 Å². The van der Waals surface area contributed by atoms with Crippen LogP contribution in [0.1, 0.15) is 68.2 Å². The maximum Gasteiger partial charge on any atom is 0.220 e. The average Bonchev–Trinajstić information content (AvgIpc) is 3.65. The molecular formula is C23H50N6O2. The van der Waals surface area contributed by atoms with Crippen molar-refractivity contribution in [3.63, 3.8) is 0 Å². The lowest BCUT2D eigenvalue weighted by molar-refractivity contribution is -0.119. The second-order valence-corrected chi connectivity index (χ2v) is 4.75. The minimum atomic E-state index is 0.204. The number of carbonyl (C=O) groups excluding carboxylic acids is 1. The van der Waals surface area contributed by atoms with Crippen molar-refractivity contribution in [2.24, 2.45) is 0 Å². The average molecular weight is 443 g/mol. The predicted octanol–water partition coefficient (Wildman–Crippen LogP) is 4.14. The lowest BCUT2D eigenvalue weighted by Crippen LogP contribution is -2.12. The van der Waals surface area contributed by atoms with Gasteiger partial charge >= 0.3 is 0 Å². The molecule has 31 heavy (non-hydrogen) atoms. The van der Waals surface area contributed by atoms with Gasteiger partial charge in [-0.2, -0.15) is 5.10 Å². The van der Waals surface area contributed by atoms with Crippen molar-refractivity contribution in [1.29, 1.82) is 0 Å². The molecule has 0 radical (unpaired) electrons. The molecule has 3 saturated heterocycles. The monoisotopic (exact) mass is 442 g/mol. The highest BCUT2D eigenvalue weighted by atomic mass is 16.5. The number of carbonyl (C=O) groups is 1. The number of rotatable bonds is 0. The van der Waals surface area contributed by atoms with Crippen LogP contribution in [0.4, 0.5) is 0 Å². The molecule has 3 aliphatic rings. The highest BCUT2D eigenvalue weighted by Gasteiger charge is 2.05. The van der Waals surface area contributed by atoms with E-state index in [9.17, 15) is 4.79 Å². The van der Waals surface area contributed by atoms with E-state index in [4.69, 9.17) is 4.74 Å². The van der Waals surface area contributed by atoms with Gasteiger partial charge in [-0.3, -0.25) is 9.89 Å². The van der Waals surface area contributed by atoms with Gasteiger partial charge in [0.1, 0.15) is 6.61 Å². The molecule has 0 unspecified atom stereocenters. The SMILES string of the molecule is C=C1NCCN1.C=C1NCCO1.CC.CC.CC.CC.O=C1CCCN1.c1cn[nH]c1. The third kappa shape index (κ3) is 32.2. The molecule has 0 saturated carbocycles. The van der Waals surface area contributed by atoms with E-state index < -0.39 is 0 Å². The van der Waals surface area contributed by atoms with Crippen molar-refractivity contribution in [1.82, 2.24) is 31.5 Å². The molecule has 0 aliphatic carbocycles. The standard InChI is InChI=1S/C4H8N2.2C4H7NO.C3H4N2.4C2H6/c2*1-4-5-2-3-6-4;6-4-2-1-3-5-4;1-2-4-5-3-1;4*1-2/h5-6H,1-3H2;5H,1-3H2;1-3H2,(H,5,6);1-3H,(H,4,5);4*1-2H3. The van der Waals surface area contributed by atoms with Crippen molar-refractivity contribution in [2.45, 2.75) is 68.2 Å². The van der Waals surface area contributed by atoms with Gasteiger partial charge in [-0.1, -0.05) is 62.0 Å². The minimum absolute atomic E-state index is 0.204. The number of hydrogen-bond acceptors (Lipinski definition) is 6. The van der Waals surface area contributed by atoms with E-state index in [0.29, 0.717) is 5.88 Å². The van der Waals surface area contributed by atoms with Gasteiger partial charge in [-0.25, -0.2) is 0 Å². The number of amides is 1. The topological polar surface area (TPSA) is 103 Å². The summed E-state index contributed by atoms with van der Waals surface area (Å²) in [6.07, 6.45) is 5.22. The molecule has 8 heteroatoms. The van der Waals surface area contributed by atoms with Crippen LogP contribution in [0, 0.1) is 0 Å². The Morgan fingerprint density at radius 1 is 0.839 bits per heavy atom. The van der Waals surface area contributed by atoms with Gasteiger partial charge in [0, 0.05) is 38.4 Å². The molecule has 3 aliphatic heterocycles. The summed E-state index contributed by atoms with van der Waals surface area (Å²) < 4.78 is 4.85. The zero-order valence-corrected chi connectivity index (χ0v) is 21.4. The molecular weight excluding hydrogens is 392 g/mol. The van der Waals surface area contributed by atoms with Crippen molar-refractivity contribution in [3.8, 4) is 0 Å². The number of hydrogen-bond donors (Lipinski definition) is 5. The zero-order valence-electron chi connectivity index (χ0n) is 21.4. The first-order valence-corrected chi connectivity index (χ1v) is 11.6. The Kier molecular flexibility index (Phi) is 40.2. The summed E-state index contributed by atoms with van der Waals surface area (Å²) in [6.45, 7) is 27.8. The maximum atomic E-state index is 10.1. The van der Waals surface area contributed by atoms with E-state index in [1.54, 1.807) is 12.4 Å². The zero-order chi connectivity index (χ0) is 24.8. The number of nitrogens with one attached hydrogen (secondary N) is 5. The first-order valence-electron chi connectivity index (χ1n) is 11.6. The molecule has 0 spiro atoms. The first kappa shape index (κ1) is 35.8. The van der Waals surface area contributed by atoms with Crippen molar-refractivity contribution in [2.75, 3.05) is 32.8 Å². The molecule has 1 amide bonds. The summed E-state index contributed by atoms with van der Waals surface area (Å²) >= 11 is 0. The molecule has 0 bridgehead atoms. The highest BCUT2D eigenvalue weighted by Crippen LogP contribution is 1.93. The van der Waals surface area contributed by atoms with Crippen molar-refractivity contribution >= 4 is 5.91 Å². The molecule has 8 nitrogen and oxygen atoms in total. The molecule has 1 aromatic rings. The van der Waals surface area contributed by atoms with Crippen LogP contribution >= 0.6 is 0 Å². The maximum absolute atomic E-state index is 10.1. The van der Waals surface area contributed by atoms with E-state index in [0.717, 1.165) is 51.4 Å². The van der Waals surface area contributed by atoms with Crippen molar-refractivity contribution in [3.05, 3.63) is 43.3 Å². The van der Waals surface area contributed by atoms with Gasteiger partial charge in [0.05, 0.1) is 12.4 Å². The Labute approximate surface area is 191 Å². The Hall–Kier alpha value is -2.64. The van der Waals surface area contributed by atoms with Crippen molar-refractivity contribution < 1.29 is 9.53 Å². The molecule has 184 valence electrons. The summed E-state index contributed by atoms with van der Waals surface area (Å²) in [5.41, 5.74) is 0. The van der Waals surface area contributed by atoms with Crippen LogP contribution in [0.25, 0.3) is 0 Å². The molecule has 5 N–H and O–H groups in total. The third-order valence-corrected chi connectivity index (χ3v) is 2.81. The van der Waals surface area contributed by atoms with E-state index in [-0.39, 0.29) is 5.91 Å². The number of aromatic nitrogens is 2. The van der Waals surface area contributed by atoms with Crippen LogP contribution in [0.5, 0.6) is 0 Å². The van der Waals surface area contributed by atoms with Gasteiger partial charge in [0.2, 0.25) is 5.91 Å². The summed E-state index contributed by atoms with van der Waals surface area (Å²) in [4.78, 5) is 10.1. The minimum Gasteiger partial charge on any atom is -0.478 e. The van der Waals surface area contributed by atoms with Gasteiger partial charge in [0.25, 0.3) is 0 Å². The largest absolute Gasteiger partial charge is 0.478 e. The summed E-state index contributed by atoms with van der Waals surface area (Å²) in [6, 6.07) is 1.83. The summed E-state index contributed by atoms with van der Waals surface area (Å²) in [5.74, 6) is 1.86. The van der Waals surface area contributed by atoms with Gasteiger partial charge in [-0.15, -0.1) is 0 Å². The van der Waals surface area contributed by atoms with E-state index >= 15 is 0 Å². The molecule has 4 heterocycles. The number of ether oxygens (including phenoxy) is 1. The molecule has 0 aromatic carbocycles. The van der Waals surface area contributed by atoms with E-state index in [1.807, 2.05) is 61.5 Å². The number of H-pyrrole nitrogens is 1. The second kappa shape index (κ2) is 34.8. The number of nitrogens with zero attached hydrogens (tertiary/aromatic N) is 1.